The zero-order valence-electron chi connectivity index (χ0n) is 24.8. The molecule has 3 aromatic rings. The van der Waals surface area contributed by atoms with Gasteiger partial charge < -0.3 is 24.4 Å². The second kappa shape index (κ2) is 16.8. The second-order valence-electron chi connectivity index (χ2n) is 9.68. The summed E-state index contributed by atoms with van der Waals surface area (Å²) in [7, 11) is 4.81. The summed E-state index contributed by atoms with van der Waals surface area (Å²) in [5, 5.41) is 15.6. The summed E-state index contributed by atoms with van der Waals surface area (Å²) in [5.41, 5.74) is 2.91. The fourth-order valence-electron chi connectivity index (χ4n) is 4.84. The number of carboxylic acids is 2. The number of hydrogen-bond donors (Lipinski definition) is 2. The normalized spacial score (nSPS) is 14.0. The number of carboxylic acid groups (broad SMARTS) is 2. The first-order chi connectivity index (χ1) is 21.2. The number of piperazine rings is 1. The highest BCUT2D eigenvalue weighted by Gasteiger charge is 2.26. The SMILES string of the molecule is COc1ccc(C=CCN2CCN(C(c3ccc(F)cc3)c3ccc(F)cc3)CC2)c(OC)c1OC.O=C(O)C=CC(=O)O. The predicted octanol–water partition coefficient (Wildman–Crippen LogP) is 5.12. The van der Waals surface area contributed by atoms with Gasteiger partial charge in [-0.05, 0) is 47.5 Å². The second-order valence-corrected chi connectivity index (χ2v) is 9.68. The molecule has 0 aromatic heterocycles. The van der Waals surface area contributed by atoms with E-state index in [1.54, 1.807) is 21.3 Å². The van der Waals surface area contributed by atoms with E-state index in [-0.39, 0.29) is 17.7 Å². The predicted molar refractivity (Wildman–Crippen MR) is 162 cm³/mol. The number of rotatable bonds is 11. The summed E-state index contributed by atoms with van der Waals surface area (Å²) < 4.78 is 43.5. The molecule has 44 heavy (non-hydrogen) atoms. The molecule has 0 atom stereocenters. The van der Waals surface area contributed by atoms with Crippen LogP contribution in [0.25, 0.3) is 6.08 Å². The van der Waals surface area contributed by atoms with Crippen molar-refractivity contribution in [2.45, 2.75) is 6.04 Å². The minimum absolute atomic E-state index is 0.0556. The molecular formula is C33H36F2N2O7. The van der Waals surface area contributed by atoms with Crippen LogP contribution in [0.4, 0.5) is 8.78 Å². The smallest absolute Gasteiger partial charge is 0.328 e. The third kappa shape index (κ3) is 9.65. The Labute approximate surface area is 255 Å². The maximum atomic E-state index is 13.6. The average Bonchev–Trinajstić information content (AvgIpc) is 3.02. The Balaban J connectivity index is 0.000000583. The molecule has 1 fully saturated rings. The molecule has 234 valence electrons. The van der Waals surface area contributed by atoms with E-state index in [1.165, 1.54) is 24.3 Å². The summed E-state index contributed by atoms with van der Waals surface area (Å²) in [6.07, 6.45) is 5.27. The lowest BCUT2D eigenvalue weighted by Crippen LogP contribution is -2.47. The molecular weight excluding hydrogens is 574 g/mol. The number of ether oxygens (including phenoxy) is 3. The Kier molecular flexibility index (Phi) is 12.9. The van der Waals surface area contributed by atoms with Gasteiger partial charge in [-0.15, -0.1) is 0 Å². The minimum atomic E-state index is -1.26. The van der Waals surface area contributed by atoms with Crippen LogP contribution >= 0.6 is 0 Å². The van der Waals surface area contributed by atoms with Gasteiger partial charge in [-0.2, -0.15) is 0 Å². The number of benzene rings is 3. The van der Waals surface area contributed by atoms with Crippen molar-refractivity contribution < 1.29 is 42.8 Å². The lowest BCUT2D eigenvalue weighted by atomic mass is 9.96. The van der Waals surface area contributed by atoms with Gasteiger partial charge in [-0.1, -0.05) is 36.4 Å². The van der Waals surface area contributed by atoms with Crippen LogP contribution in [0, 0.1) is 11.6 Å². The quantitative estimate of drug-likeness (QED) is 0.286. The fraction of sp³-hybridized carbons (Fsp3) is 0.273. The first-order valence-corrected chi connectivity index (χ1v) is 13.7. The molecule has 0 spiro atoms. The van der Waals surface area contributed by atoms with Gasteiger partial charge in [0.2, 0.25) is 5.75 Å². The van der Waals surface area contributed by atoms with Crippen LogP contribution in [0.1, 0.15) is 22.7 Å². The van der Waals surface area contributed by atoms with Crippen LogP contribution in [0.2, 0.25) is 0 Å². The molecule has 1 saturated heterocycles. The van der Waals surface area contributed by atoms with Crippen molar-refractivity contribution in [3.63, 3.8) is 0 Å². The van der Waals surface area contributed by atoms with Crippen LogP contribution in [0.15, 0.2) is 78.9 Å². The summed E-state index contributed by atoms with van der Waals surface area (Å²) in [6.45, 7) is 4.24. The van der Waals surface area contributed by atoms with Crippen LogP contribution in [-0.4, -0.2) is 86.0 Å². The molecule has 4 rings (SSSR count). The molecule has 0 amide bonds. The topological polar surface area (TPSA) is 109 Å². The Hall–Kier alpha value is -4.74. The molecule has 1 aliphatic rings. The monoisotopic (exact) mass is 610 g/mol. The molecule has 1 heterocycles. The summed E-state index contributed by atoms with van der Waals surface area (Å²) in [5.74, 6) is -1.21. The maximum Gasteiger partial charge on any atom is 0.328 e. The van der Waals surface area contributed by atoms with Crippen molar-refractivity contribution in [2.24, 2.45) is 0 Å². The van der Waals surface area contributed by atoms with Crippen molar-refractivity contribution >= 4 is 18.0 Å². The number of methoxy groups -OCH3 is 3. The van der Waals surface area contributed by atoms with E-state index in [0.29, 0.717) is 29.4 Å². The molecule has 0 aliphatic carbocycles. The zero-order chi connectivity index (χ0) is 32.1. The van der Waals surface area contributed by atoms with E-state index in [2.05, 4.69) is 15.9 Å². The van der Waals surface area contributed by atoms with Gasteiger partial charge in [0.25, 0.3) is 0 Å². The summed E-state index contributed by atoms with van der Waals surface area (Å²) >= 11 is 0. The Bertz CT molecular complexity index is 1370. The standard InChI is InChI=1S/C29H32F2N2O3.C4H4O4/c1-34-26-15-10-23(28(35-2)29(26)36-3)5-4-16-32-17-19-33(20-18-32)27(21-6-11-24(30)12-7-21)22-8-13-25(31)14-9-22;5-3(6)1-2-4(7)8/h4-15,27H,16-20H2,1-3H3;1-2H,(H,5,6)(H,7,8). The highest BCUT2D eigenvalue weighted by Crippen LogP contribution is 2.40. The van der Waals surface area contributed by atoms with E-state index in [0.717, 1.165) is 49.4 Å². The molecule has 3 aromatic carbocycles. The van der Waals surface area contributed by atoms with Crippen LogP contribution in [0.3, 0.4) is 0 Å². The number of nitrogens with zero attached hydrogens (tertiary/aromatic N) is 2. The van der Waals surface area contributed by atoms with E-state index in [9.17, 15) is 18.4 Å². The maximum absolute atomic E-state index is 13.6. The third-order valence-corrected chi connectivity index (χ3v) is 6.91. The number of carbonyl (C=O) groups is 2. The average molecular weight is 611 g/mol. The van der Waals surface area contributed by atoms with Crippen molar-refractivity contribution in [1.29, 1.82) is 0 Å². The van der Waals surface area contributed by atoms with Gasteiger partial charge in [0, 0.05) is 50.4 Å². The molecule has 0 saturated carbocycles. The van der Waals surface area contributed by atoms with Crippen molar-refractivity contribution in [3.05, 3.63) is 107 Å². The zero-order valence-corrected chi connectivity index (χ0v) is 24.8. The molecule has 1 aliphatic heterocycles. The lowest BCUT2D eigenvalue weighted by Gasteiger charge is -2.39. The van der Waals surface area contributed by atoms with Gasteiger partial charge >= 0.3 is 11.9 Å². The molecule has 0 bridgehead atoms. The van der Waals surface area contributed by atoms with Crippen molar-refractivity contribution in [1.82, 2.24) is 9.80 Å². The van der Waals surface area contributed by atoms with Gasteiger partial charge in [0.1, 0.15) is 11.6 Å². The van der Waals surface area contributed by atoms with Crippen LogP contribution < -0.4 is 14.2 Å². The lowest BCUT2D eigenvalue weighted by molar-refractivity contribution is -0.134. The number of halogens is 2. The van der Waals surface area contributed by atoms with Gasteiger partial charge in [-0.25, -0.2) is 18.4 Å². The highest BCUT2D eigenvalue weighted by molar-refractivity contribution is 5.89. The van der Waals surface area contributed by atoms with E-state index in [4.69, 9.17) is 24.4 Å². The Morgan fingerprint density at radius 2 is 1.25 bits per heavy atom. The highest BCUT2D eigenvalue weighted by atomic mass is 19.1. The van der Waals surface area contributed by atoms with E-state index < -0.39 is 11.9 Å². The Morgan fingerprint density at radius 1 is 0.750 bits per heavy atom. The third-order valence-electron chi connectivity index (χ3n) is 6.91. The van der Waals surface area contributed by atoms with Crippen molar-refractivity contribution in [2.75, 3.05) is 54.1 Å². The molecule has 11 heteroatoms. The molecule has 2 N–H and O–H groups in total. The Morgan fingerprint density at radius 3 is 1.68 bits per heavy atom. The van der Waals surface area contributed by atoms with Crippen LogP contribution in [-0.2, 0) is 9.59 Å². The van der Waals surface area contributed by atoms with E-state index >= 15 is 0 Å². The van der Waals surface area contributed by atoms with E-state index in [1.807, 2.05) is 42.5 Å². The number of aliphatic carboxylic acids is 2. The molecule has 0 radical (unpaired) electrons. The van der Waals surface area contributed by atoms with Crippen LogP contribution in [0.5, 0.6) is 17.2 Å². The summed E-state index contributed by atoms with van der Waals surface area (Å²) in [6, 6.07) is 16.9. The first-order valence-electron chi connectivity index (χ1n) is 13.7. The van der Waals surface area contributed by atoms with Gasteiger partial charge in [0.15, 0.2) is 11.5 Å². The first kappa shape index (κ1) is 33.8. The molecule has 9 nitrogen and oxygen atoms in total. The van der Waals surface area contributed by atoms with Gasteiger partial charge in [-0.3, -0.25) is 9.80 Å². The largest absolute Gasteiger partial charge is 0.493 e. The summed E-state index contributed by atoms with van der Waals surface area (Å²) in [4.78, 5) is 23.9. The van der Waals surface area contributed by atoms with Gasteiger partial charge in [0.05, 0.1) is 27.4 Å². The fourth-order valence-corrected chi connectivity index (χ4v) is 4.84. The minimum Gasteiger partial charge on any atom is -0.493 e. The molecule has 0 unspecified atom stereocenters. The van der Waals surface area contributed by atoms with Crippen molar-refractivity contribution in [3.8, 4) is 17.2 Å². The number of hydrogen-bond acceptors (Lipinski definition) is 7.